The van der Waals surface area contributed by atoms with E-state index in [2.05, 4.69) is 5.92 Å². The fourth-order valence-electron chi connectivity index (χ4n) is 1.02. The second kappa shape index (κ2) is 6.50. The quantitative estimate of drug-likeness (QED) is 0.628. The van der Waals surface area contributed by atoms with Gasteiger partial charge in [0.25, 0.3) is 0 Å². The van der Waals surface area contributed by atoms with Crippen molar-refractivity contribution in [2.24, 2.45) is 11.7 Å². The molecule has 1 atom stereocenters. The van der Waals surface area contributed by atoms with E-state index in [-0.39, 0.29) is 11.8 Å². The maximum absolute atomic E-state index is 11.4. The summed E-state index contributed by atoms with van der Waals surface area (Å²) in [5, 5.41) is 0. The molecule has 0 aromatic heterocycles. The van der Waals surface area contributed by atoms with Crippen LogP contribution in [0, 0.1) is 18.3 Å². The molecule has 0 saturated heterocycles. The van der Waals surface area contributed by atoms with Gasteiger partial charge in [-0.2, -0.15) is 0 Å². The summed E-state index contributed by atoms with van der Waals surface area (Å²) in [6.07, 6.45) is 6.54. The van der Waals surface area contributed by atoms with Gasteiger partial charge in [-0.3, -0.25) is 4.79 Å². The number of nitrogens with zero attached hydrogens (tertiary/aromatic N) is 1. The molecule has 0 aliphatic rings. The Labute approximate surface area is 80.3 Å². The van der Waals surface area contributed by atoms with E-state index in [0.29, 0.717) is 19.5 Å². The molecule has 13 heavy (non-hydrogen) atoms. The van der Waals surface area contributed by atoms with E-state index in [1.807, 2.05) is 6.92 Å². The minimum atomic E-state index is 0.0789. The first-order valence-corrected chi connectivity index (χ1v) is 4.53. The minimum absolute atomic E-state index is 0.0789. The van der Waals surface area contributed by atoms with Gasteiger partial charge in [0.05, 0.1) is 6.54 Å². The number of carbonyl (C=O) groups is 1. The van der Waals surface area contributed by atoms with Gasteiger partial charge in [0.2, 0.25) is 5.91 Å². The molecule has 0 spiro atoms. The largest absolute Gasteiger partial charge is 0.335 e. The Bertz CT molecular complexity index is 192. The molecular weight excluding hydrogens is 164 g/mol. The second-order valence-electron chi connectivity index (χ2n) is 3.17. The van der Waals surface area contributed by atoms with E-state index < -0.39 is 0 Å². The van der Waals surface area contributed by atoms with E-state index in [1.54, 1.807) is 11.9 Å². The van der Waals surface area contributed by atoms with Gasteiger partial charge in [0.1, 0.15) is 0 Å². The lowest BCUT2D eigenvalue weighted by atomic mass is 10.0. The summed E-state index contributed by atoms with van der Waals surface area (Å²) in [7, 11) is 1.71. The van der Waals surface area contributed by atoms with Crippen molar-refractivity contribution >= 4 is 5.91 Å². The van der Waals surface area contributed by atoms with Gasteiger partial charge in [-0.05, 0) is 12.5 Å². The maximum Gasteiger partial charge on any atom is 0.223 e. The minimum Gasteiger partial charge on any atom is -0.335 e. The zero-order chi connectivity index (χ0) is 10.3. The summed E-state index contributed by atoms with van der Waals surface area (Å²) < 4.78 is 0. The normalized spacial score (nSPS) is 11.8. The smallest absolute Gasteiger partial charge is 0.223 e. The first-order chi connectivity index (χ1) is 6.15. The summed E-state index contributed by atoms with van der Waals surface area (Å²) >= 11 is 0. The monoisotopic (exact) mass is 182 g/mol. The third kappa shape index (κ3) is 4.54. The Kier molecular flexibility index (Phi) is 5.99. The number of hydrogen-bond acceptors (Lipinski definition) is 2. The number of rotatable bonds is 5. The van der Waals surface area contributed by atoms with E-state index in [9.17, 15) is 4.79 Å². The number of carbonyl (C=O) groups excluding carboxylic acids is 1. The number of terminal acetylenes is 1. The van der Waals surface area contributed by atoms with Crippen molar-refractivity contribution in [1.82, 2.24) is 4.90 Å². The molecule has 0 saturated carbocycles. The predicted octanol–water partition coefficient (Wildman–Crippen LogP) is 0.453. The average Bonchev–Trinajstić information content (AvgIpc) is 2.14. The van der Waals surface area contributed by atoms with Crippen LogP contribution in [0.2, 0.25) is 0 Å². The molecule has 74 valence electrons. The van der Waals surface area contributed by atoms with Gasteiger partial charge in [-0.25, -0.2) is 0 Å². The Morgan fingerprint density at radius 3 is 2.69 bits per heavy atom. The van der Waals surface area contributed by atoms with Crippen LogP contribution < -0.4 is 5.73 Å². The molecule has 0 aliphatic heterocycles. The maximum atomic E-state index is 11.4. The molecule has 0 bridgehead atoms. The number of hydrogen-bond donors (Lipinski definition) is 1. The van der Waals surface area contributed by atoms with Crippen molar-refractivity contribution < 1.29 is 4.79 Å². The molecule has 1 unspecified atom stereocenters. The van der Waals surface area contributed by atoms with Crippen LogP contribution in [-0.4, -0.2) is 30.9 Å². The van der Waals surface area contributed by atoms with Crippen molar-refractivity contribution in [2.45, 2.75) is 19.8 Å². The van der Waals surface area contributed by atoms with Gasteiger partial charge in [-0.1, -0.05) is 19.3 Å². The lowest BCUT2D eigenvalue weighted by Gasteiger charge is -2.17. The van der Waals surface area contributed by atoms with Crippen molar-refractivity contribution in [3.63, 3.8) is 0 Å². The summed E-state index contributed by atoms with van der Waals surface area (Å²) in [6, 6.07) is 0. The van der Waals surface area contributed by atoms with Crippen LogP contribution in [0.4, 0.5) is 0 Å². The van der Waals surface area contributed by atoms with Gasteiger partial charge >= 0.3 is 0 Å². The Morgan fingerprint density at radius 1 is 1.69 bits per heavy atom. The Balaban J connectivity index is 3.91. The number of amides is 1. The van der Waals surface area contributed by atoms with Gasteiger partial charge in [0.15, 0.2) is 0 Å². The van der Waals surface area contributed by atoms with Crippen LogP contribution >= 0.6 is 0 Å². The van der Waals surface area contributed by atoms with E-state index in [4.69, 9.17) is 12.2 Å². The van der Waals surface area contributed by atoms with E-state index in [0.717, 1.165) is 6.42 Å². The SMILES string of the molecule is C#CCN(C)C(=O)CC(CC)CN. The van der Waals surface area contributed by atoms with Crippen molar-refractivity contribution in [3.05, 3.63) is 0 Å². The lowest BCUT2D eigenvalue weighted by molar-refractivity contribution is -0.130. The topological polar surface area (TPSA) is 46.3 Å². The van der Waals surface area contributed by atoms with Gasteiger partial charge < -0.3 is 10.6 Å². The van der Waals surface area contributed by atoms with Crippen LogP contribution in [0.15, 0.2) is 0 Å². The first-order valence-electron chi connectivity index (χ1n) is 4.53. The molecule has 0 aromatic carbocycles. The van der Waals surface area contributed by atoms with Crippen LogP contribution in [-0.2, 0) is 4.79 Å². The van der Waals surface area contributed by atoms with Crippen LogP contribution in [0.5, 0.6) is 0 Å². The summed E-state index contributed by atoms with van der Waals surface area (Å²) in [5.74, 6) is 2.80. The molecule has 3 nitrogen and oxygen atoms in total. The third-order valence-electron chi connectivity index (χ3n) is 2.13. The highest BCUT2D eigenvalue weighted by atomic mass is 16.2. The summed E-state index contributed by atoms with van der Waals surface area (Å²) in [6.45, 7) is 2.97. The standard InChI is InChI=1S/C10H18N2O/c1-4-6-12(3)10(13)7-9(5-2)8-11/h1,9H,5-8,11H2,2-3H3. The molecule has 0 radical (unpaired) electrons. The third-order valence-corrected chi connectivity index (χ3v) is 2.13. The fraction of sp³-hybridized carbons (Fsp3) is 0.700. The van der Waals surface area contributed by atoms with E-state index in [1.165, 1.54) is 0 Å². The highest BCUT2D eigenvalue weighted by molar-refractivity contribution is 5.76. The predicted molar refractivity (Wildman–Crippen MR) is 53.9 cm³/mol. The van der Waals surface area contributed by atoms with Crippen LogP contribution in [0.3, 0.4) is 0 Å². The zero-order valence-electron chi connectivity index (χ0n) is 8.42. The molecule has 1 amide bonds. The molecule has 2 N–H and O–H groups in total. The average molecular weight is 182 g/mol. The number of nitrogens with two attached hydrogens (primary N) is 1. The molecule has 0 aromatic rings. The van der Waals surface area contributed by atoms with Gasteiger partial charge in [0, 0.05) is 13.5 Å². The zero-order valence-corrected chi connectivity index (χ0v) is 8.42. The lowest BCUT2D eigenvalue weighted by Crippen LogP contribution is -2.30. The van der Waals surface area contributed by atoms with Crippen LogP contribution in [0.1, 0.15) is 19.8 Å². The summed E-state index contributed by atoms with van der Waals surface area (Å²) in [5.41, 5.74) is 5.49. The van der Waals surface area contributed by atoms with E-state index >= 15 is 0 Å². The molecule has 3 heteroatoms. The Morgan fingerprint density at radius 2 is 2.31 bits per heavy atom. The van der Waals surface area contributed by atoms with Gasteiger partial charge in [-0.15, -0.1) is 6.42 Å². The van der Waals surface area contributed by atoms with Crippen LogP contribution in [0.25, 0.3) is 0 Å². The Hall–Kier alpha value is -1.01. The molecular formula is C10H18N2O. The molecule has 0 heterocycles. The molecule has 0 aliphatic carbocycles. The highest BCUT2D eigenvalue weighted by Crippen LogP contribution is 2.07. The highest BCUT2D eigenvalue weighted by Gasteiger charge is 2.13. The van der Waals surface area contributed by atoms with Crippen molar-refractivity contribution in [3.8, 4) is 12.3 Å². The molecule has 0 fully saturated rings. The fourth-order valence-corrected chi connectivity index (χ4v) is 1.02. The van der Waals surface area contributed by atoms with Crippen molar-refractivity contribution in [1.29, 1.82) is 0 Å². The second-order valence-corrected chi connectivity index (χ2v) is 3.17. The first kappa shape index (κ1) is 12.0. The summed E-state index contributed by atoms with van der Waals surface area (Å²) in [4.78, 5) is 13.0. The molecule has 0 rings (SSSR count). The van der Waals surface area contributed by atoms with Crippen molar-refractivity contribution in [2.75, 3.05) is 20.1 Å².